The van der Waals surface area contributed by atoms with Gasteiger partial charge < -0.3 is 10.1 Å². The number of hydrogen-bond acceptors (Lipinski definition) is 5. The predicted molar refractivity (Wildman–Crippen MR) is 118 cm³/mol. The quantitative estimate of drug-likeness (QED) is 0.797. The van der Waals surface area contributed by atoms with Gasteiger partial charge in [0.15, 0.2) is 5.17 Å². The molecule has 0 spiro atoms. The number of carbonyl (C=O) groups is 2. The Balaban J connectivity index is 1.80. The van der Waals surface area contributed by atoms with E-state index in [4.69, 9.17) is 4.74 Å². The van der Waals surface area contributed by atoms with Gasteiger partial charge in [0, 0.05) is 18.7 Å². The lowest BCUT2D eigenvalue weighted by molar-refractivity contribution is -0.129. The molecule has 3 rings (SSSR count). The number of nitrogens with one attached hydrogen (secondary N) is 1. The maximum Gasteiger partial charge on any atom is 0.238 e. The number of thioether (sulfide) groups is 1. The van der Waals surface area contributed by atoms with Gasteiger partial charge in [-0.05, 0) is 56.7 Å². The van der Waals surface area contributed by atoms with Gasteiger partial charge in [-0.2, -0.15) is 0 Å². The van der Waals surface area contributed by atoms with Crippen molar-refractivity contribution in [1.82, 2.24) is 4.90 Å². The molecule has 1 unspecified atom stereocenters. The summed E-state index contributed by atoms with van der Waals surface area (Å²) < 4.78 is 5.17. The number of amides is 2. The van der Waals surface area contributed by atoms with Crippen molar-refractivity contribution in [3.05, 3.63) is 53.6 Å². The van der Waals surface area contributed by atoms with Crippen LogP contribution in [0.15, 0.2) is 47.5 Å². The van der Waals surface area contributed by atoms with Gasteiger partial charge >= 0.3 is 0 Å². The van der Waals surface area contributed by atoms with E-state index in [2.05, 4.69) is 10.3 Å². The third-order valence-corrected chi connectivity index (χ3v) is 5.87. The van der Waals surface area contributed by atoms with Gasteiger partial charge in [0.1, 0.15) is 11.0 Å². The van der Waals surface area contributed by atoms with Crippen LogP contribution in [0.4, 0.5) is 11.4 Å². The van der Waals surface area contributed by atoms with E-state index < -0.39 is 5.25 Å². The summed E-state index contributed by atoms with van der Waals surface area (Å²) in [6, 6.07) is 13.1. The normalized spacial score (nSPS) is 18.1. The highest BCUT2D eigenvalue weighted by Gasteiger charge is 2.35. The van der Waals surface area contributed by atoms with Gasteiger partial charge in [-0.25, -0.2) is 4.99 Å². The van der Waals surface area contributed by atoms with Crippen LogP contribution < -0.4 is 10.1 Å². The fourth-order valence-electron chi connectivity index (χ4n) is 3.09. The standard InChI is InChI=1S/C22H25N3O3S/c1-5-25-20(26)13-19(21(27)24-18-11-6-14(2)12-15(18)3)29-22(25)23-16-7-9-17(28-4)10-8-16/h6-12,19H,5,13H2,1-4H3,(H,24,27). The zero-order chi connectivity index (χ0) is 21.0. The van der Waals surface area contributed by atoms with Crippen LogP contribution in [0.25, 0.3) is 0 Å². The van der Waals surface area contributed by atoms with E-state index >= 15 is 0 Å². The first-order valence-electron chi connectivity index (χ1n) is 9.49. The Bertz CT molecular complexity index is 941. The fraction of sp³-hybridized carbons (Fsp3) is 0.318. The summed E-state index contributed by atoms with van der Waals surface area (Å²) in [5.41, 5.74) is 3.60. The van der Waals surface area contributed by atoms with Crippen LogP contribution in [0.1, 0.15) is 24.5 Å². The summed E-state index contributed by atoms with van der Waals surface area (Å²) in [6.45, 7) is 6.37. The van der Waals surface area contributed by atoms with Crippen molar-refractivity contribution < 1.29 is 14.3 Å². The zero-order valence-electron chi connectivity index (χ0n) is 17.1. The molecule has 1 aliphatic heterocycles. The largest absolute Gasteiger partial charge is 0.497 e. The first-order valence-corrected chi connectivity index (χ1v) is 10.4. The summed E-state index contributed by atoms with van der Waals surface area (Å²) in [5.74, 6) is 0.451. The van der Waals surface area contributed by atoms with Crippen LogP contribution in [0.5, 0.6) is 5.75 Å². The fourth-order valence-corrected chi connectivity index (χ4v) is 4.25. The number of aliphatic imine (C=N–C) groups is 1. The second-order valence-corrected chi connectivity index (χ2v) is 8.02. The van der Waals surface area contributed by atoms with Crippen LogP contribution in [-0.2, 0) is 9.59 Å². The molecule has 0 radical (unpaired) electrons. The van der Waals surface area contributed by atoms with Crippen molar-refractivity contribution >= 4 is 40.1 Å². The number of rotatable bonds is 5. The number of carbonyl (C=O) groups excluding carboxylic acids is 2. The highest BCUT2D eigenvalue weighted by atomic mass is 32.2. The van der Waals surface area contributed by atoms with Crippen LogP contribution in [-0.4, -0.2) is 40.8 Å². The highest BCUT2D eigenvalue weighted by Crippen LogP contribution is 2.30. The molecule has 6 nitrogen and oxygen atoms in total. The summed E-state index contributed by atoms with van der Waals surface area (Å²) >= 11 is 1.32. The van der Waals surface area contributed by atoms with Crippen molar-refractivity contribution in [2.45, 2.75) is 32.4 Å². The van der Waals surface area contributed by atoms with E-state index in [1.807, 2.05) is 63.2 Å². The SMILES string of the molecule is CCN1C(=O)CC(C(=O)Nc2ccc(C)cc2C)SC1=Nc1ccc(OC)cc1. The molecule has 0 aromatic heterocycles. The van der Waals surface area contributed by atoms with E-state index in [9.17, 15) is 9.59 Å². The van der Waals surface area contributed by atoms with Crippen molar-refractivity contribution in [1.29, 1.82) is 0 Å². The van der Waals surface area contributed by atoms with E-state index in [0.717, 1.165) is 22.6 Å². The summed E-state index contributed by atoms with van der Waals surface area (Å²) in [7, 11) is 1.61. The Morgan fingerprint density at radius 2 is 1.97 bits per heavy atom. The second-order valence-electron chi connectivity index (χ2n) is 6.85. The highest BCUT2D eigenvalue weighted by molar-refractivity contribution is 8.15. The third-order valence-electron chi connectivity index (χ3n) is 4.69. The number of benzene rings is 2. The first kappa shape index (κ1) is 20.9. The summed E-state index contributed by atoms with van der Waals surface area (Å²) in [6.07, 6.45) is 0.150. The summed E-state index contributed by atoms with van der Waals surface area (Å²) in [5, 5.41) is 2.97. The Labute approximate surface area is 175 Å². The molecule has 0 aliphatic carbocycles. The molecule has 1 heterocycles. The molecule has 0 bridgehead atoms. The lowest BCUT2D eigenvalue weighted by atomic mass is 10.1. The zero-order valence-corrected chi connectivity index (χ0v) is 17.9. The lowest BCUT2D eigenvalue weighted by Crippen LogP contribution is -2.45. The first-order chi connectivity index (χ1) is 13.9. The van der Waals surface area contributed by atoms with Gasteiger partial charge in [-0.1, -0.05) is 29.5 Å². The average molecular weight is 412 g/mol. The molecule has 2 amide bonds. The van der Waals surface area contributed by atoms with Gasteiger partial charge in [0.05, 0.1) is 12.8 Å². The summed E-state index contributed by atoms with van der Waals surface area (Å²) in [4.78, 5) is 31.7. The molecule has 152 valence electrons. The Kier molecular flexibility index (Phi) is 6.59. The molecule has 7 heteroatoms. The molecular weight excluding hydrogens is 386 g/mol. The van der Waals surface area contributed by atoms with E-state index in [1.165, 1.54) is 11.8 Å². The predicted octanol–water partition coefficient (Wildman–Crippen LogP) is 4.29. The number of nitrogens with zero attached hydrogens (tertiary/aromatic N) is 2. The monoisotopic (exact) mass is 411 g/mol. The number of hydrogen-bond donors (Lipinski definition) is 1. The molecule has 1 atom stereocenters. The van der Waals surface area contributed by atoms with E-state index in [0.29, 0.717) is 17.4 Å². The van der Waals surface area contributed by atoms with E-state index in [-0.39, 0.29) is 18.2 Å². The van der Waals surface area contributed by atoms with Gasteiger partial charge in [0.25, 0.3) is 0 Å². The van der Waals surface area contributed by atoms with Crippen molar-refractivity contribution in [3.63, 3.8) is 0 Å². The molecule has 29 heavy (non-hydrogen) atoms. The van der Waals surface area contributed by atoms with Gasteiger partial charge in [0.2, 0.25) is 11.8 Å². The number of ether oxygens (including phenoxy) is 1. The van der Waals surface area contributed by atoms with Crippen molar-refractivity contribution in [3.8, 4) is 5.75 Å². The molecule has 2 aromatic carbocycles. The van der Waals surface area contributed by atoms with Crippen LogP contribution in [0, 0.1) is 13.8 Å². The number of amidine groups is 1. The minimum absolute atomic E-state index is 0.0979. The van der Waals surface area contributed by atoms with Gasteiger partial charge in [-0.15, -0.1) is 0 Å². The van der Waals surface area contributed by atoms with Crippen molar-refractivity contribution in [2.24, 2.45) is 4.99 Å². The van der Waals surface area contributed by atoms with Gasteiger partial charge in [-0.3, -0.25) is 14.5 Å². The molecule has 1 fully saturated rings. The van der Waals surface area contributed by atoms with Crippen LogP contribution >= 0.6 is 11.8 Å². The molecular formula is C22H25N3O3S. The van der Waals surface area contributed by atoms with Crippen LogP contribution in [0.3, 0.4) is 0 Å². The number of anilines is 1. The van der Waals surface area contributed by atoms with E-state index in [1.54, 1.807) is 12.0 Å². The number of methoxy groups -OCH3 is 1. The Morgan fingerprint density at radius 3 is 2.59 bits per heavy atom. The minimum Gasteiger partial charge on any atom is -0.497 e. The lowest BCUT2D eigenvalue weighted by Gasteiger charge is -2.31. The Morgan fingerprint density at radius 1 is 1.24 bits per heavy atom. The smallest absolute Gasteiger partial charge is 0.238 e. The molecule has 1 saturated heterocycles. The third kappa shape index (κ3) is 4.98. The maximum atomic E-state index is 12.9. The molecule has 2 aromatic rings. The van der Waals surface area contributed by atoms with Crippen molar-refractivity contribution in [2.75, 3.05) is 19.0 Å². The molecule has 1 N–H and O–H groups in total. The topological polar surface area (TPSA) is 71.0 Å². The minimum atomic E-state index is -0.525. The maximum absolute atomic E-state index is 12.9. The molecule has 0 saturated carbocycles. The molecule has 1 aliphatic rings. The second kappa shape index (κ2) is 9.13. The van der Waals surface area contributed by atoms with Crippen LogP contribution in [0.2, 0.25) is 0 Å². The number of aryl methyl sites for hydroxylation is 2. The Hall–Kier alpha value is -2.80. The average Bonchev–Trinajstić information content (AvgIpc) is 2.70.